The predicted molar refractivity (Wildman–Crippen MR) is 95.4 cm³/mol. The van der Waals surface area contributed by atoms with E-state index in [0.717, 1.165) is 38.1 Å². The first-order valence-corrected chi connectivity index (χ1v) is 9.12. The third-order valence-corrected chi connectivity index (χ3v) is 4.80. The summed E-state index contributed by atoms with van der Waals surface area (Å²) in [6.07, 6.45) is 11.6. The van der Waals surface area contributed by atoms with Crippen LogP contribution in [0.1, 0.15) is 58.8 Å². The van der Waals surface area contributed by atoms with Crippen LogP contribution in [0.2, 0.25) is 0 Å². The molecule has 1 unspecified atom stereocenters. The third-order valence-electron chi connectivity index (χ3n) is 4.80. The van der Waals surface area contributed by atoms with E-state index in [2.05, 4.69) is 42.5 Å². The van der Waals surface area contributed by atoms with Crippen molar-refractivity contribution in [2.75, 3.05) is 26.7 Å². The Labute approximate surface area is 136 Å². The van der Waals surface area contributed by atoms with Crippen LogP contribution in [0.3, 0.4) is 0 Å². The van der Waals surface area contributed by atoms with E-state index < -0.39 is 0 Å². The molecule has 0 aromatic carbocycles. The lowest BCUT2D eigenvalue weighted by atomic mass is 9.97. The molecule has 0 heterocycles. The highest BCUT2D eigenvalue weighted by atomic mass is 15.2. The second kappa shape index (κ2) is 9.19. The molecule has 2 aliphatic rings. The predicted octanol–water partition coefficient (Wildman–Crippen LogP) is 2.91. The van der Waals surface area contributed by atoms with Crippen LogP contribution in [0.25, 0.3) is 0 Å². The number of nitrogens with one attached hydrogen (secondary N) is 2. The standard InChI is InChI=1S/C18H34N4/c1-4-19-18(20-13-12-16-8-6-5-7-9-16)21-14-15(2)22(3)17-10-11-17/h8,15,17H,4-7,9-14H2,1-3H3,(H2,19,20,21). The van der Waals surface area contributed by atoms with Crippen molar-refractivity contribution in [1.82, 2.24) is 15.5 Å². The molecule has 0 radical (unpaired) electrons. The summed E-state index contributed by atoms with van der Waals surface area (Å²) in [6, 6.07) is 1.32. The van der Waals surface area contributed by atoms with Gasteiger partial charge in [-0.1, -0.05) is 11.6 Å². The van der Waals surface area contributed by atoms with Crippen molar-refractivity contribution < 1.29 is 0 Å². The lowest BCUT2D eigenvalue weighted by molar-refractivity contribution is 0.253. The van der Waals surface area contributed by atoms with E-state index in [4.69, 9.17) is 4.99 Å². The van der Waals surface area contributed by atoms with Crippen LogP contribution < -0.4 is 10.6 Å². The van der Waals surface area contributed by atoms with Gasteiger partial charge in [0, 0.05) is 25.2 Å². The average molecular weight is 306 g/mol. The number of hydrogen-bond donors (Lipinski definition) is 2. The molecule has 0 amide bonds. The monoisotopic (exact) mass is 306 g/mol. The Morgan fingerprint density at radius 3 is 2.82 bits per heavy atom. The largest absolute Gasteiger partial charge is 0.357 e. The molecule has 4 nitrogen and oxygen atoms in total. The topological polar surface area (TPSA) is 39.7 Å². The molecule has 0 aromatic heterocycles. The normalized spacial score (nSPS) is 20.7. The first-order chi connectivity index (χ1) is 10.7. The molecular formula is C18H34N4. The van der Waals surface area contributed by atoms with Gasteiger partial charge in [0.2, 0.25) is 0 Å². The van der Waals surface area contributed by atoms with E-state index in [9.17, 15) is 0 Å². The summed E-state index contributed by atoms with van der Waals surface area (Å²) in [7, 11) is 2.23. The molecule has 0 aliphatic heterocycles. The Kier molecular flexibility index (Phi) is 7.23. The Bertz CT molecular complexity index is 385. The highest BCUT2D eigenvalue weighted by Crippen LogP contribution is 2.26. The number of likely N-dealkylation sites (N-methyl/N-ethyl adjacent to an activating group) is 1. The van der Waals surface area contributed by atoms with Gasteiger partial charge in [-0.3, -0.25) is 9.89 Å². The van der Waals surface area contributed by atoms with Gasteiger partial charge in [-0.15, -0.1) is 0 Å². The van der Waals surface area contributed by atoms with Crippen LogP contribution in [0.4, 0.5) is 0 Å². The molecule has 22 heavy (non-hydrogen) atoms. The maximum absolute atomic E-state index is 4.76. The van der Waals surface area contributed by atoms with Gasteiger partial charge in [0.25, 0.3) is 0 Å². The molecule has 2 N–H and O–H groups in total. The van der Waals surface area contributed by atoms with Crippen LogP contribution in [-0.4, -0.2) is 49.6 Å². The average Bonchev–Trinajstić information content (AvgIpc) is 3.37. The van der Waals surface area contributed by atoms with Crippen molar-refractivity contribution in [1.29, 1.82) is 0 Å². The van der Waals surface area contributed by atoms with E-state index in [1.54, 1.807) is 5.57 Å². The molecule has 1 saturated carbocycles. The molecule has 0 bridgehead atoms. The van der Waals surface area contributed by atoms with Crippen LogP contribution in [0.5, 0.6) is 0 Å². The molecule has 4 heteroatoms. The first kappa shape index (κ1) is 17.3. The lowest BCUT2D eigenvalue weighted by Crippen LogP contribution is -2.40. The zero-order valence-electron chi connectivity index (χ0n) is 14.7. The van der Waals surface area contributed by atoms with Gasteiger partial charge in [0.05, 0.1) is 6.54 Å². The number of hydrogen-bond acceptors (Lipinski definition) is 2. The molecule has 126 valence electrons. The van der Waals surface area contributed by atoms with E-state index in [1.807, 2.05) is 0 Å². The van der Waals surface area contributed by atoms with Crippen LogP contribution in [0.15, 0.2) is 16.6 Å². The van der Waals surface area contributed by atoms with Gasteiger partial charge in [0.1, 0.15) is 0 Å². The van der Waals surface area contributed by atoms with Gasteiger partial charge in [0.15, 0.2) is 5.96 Å². The van der Waals surface area contributed by atoms with E-state index in [-0.39, 0.29) is 0 Å². The second-order valence-electron chi connectivity index (χ2n) is 6.75. The van der Waals surface area contributed by atoms with Gasteiger partial charge in [-0.2, -0.15) is 0 Å². The fourth-order valence-corrected chi connectivity index (χ4v) is 3.01. The van der Waals surface area contributed by atoms with Crippen molar-refractivity contribution in [3.63, 3.8) is 0 Å². The van der Waals surface area contributed by atoms with E-state index in [0.29, 0.717) is 6.04 Å². The number of guanidine groups is 1. The molecule has 0 aromatic rings. The first-order valence-electron chi connectivity index (χ1n) is 9.12. The summed E-state index contributed by atoms with van der Waals surface area (Å²) >= 11 is 0. The lowest BCUT2D eigenvalue weighted by Gasteiger charge is -2.23. The zero-order chi connectivity index (χ0) is 15.8. The maximum Gasteiger partial charge on any atom is 0.191 e. The highest BCUT2D eigenvalue weighted by molar-refractivity contribution is 5.79. The van der Waals surface area contributed by atoms with Crippen LogP contribution in [0, 0.1) is 0 Å². The summed E-state index contributed by atoms with van der Waals surface area (Å²) in [5.41, 5.74) is 1.62. The van der Waals surface area contributed by atoms with Crippen molar-refractivity contribution in [3.8, 4) is 0 Å². The minimum Gasteiger partial charge on any atom is -0.357 e. The number of allylic oxidation sites excluding steroid dienone is 1. The molecule has 1 fully saturated rings. The maximum atomic E-state index is 4.76. The Morgan fingerprint density at radius 1 is 1.36 bits per heavy atom. The van der Waals surface area contributed by atoms with Gasteiger partial charge >= 0.3 is 0 Å². The van der Waals surface area contributed by atoms with Crippen molar-refractivity contribution in [2.24, 2.45) is 4.99 Å². The van der Waals surface area contributed by atoms with Crippen molar-refractivity contribution >= 4 is 5.96 Å². The third kappa shape index (κ3) is 5.99. The van der Waals surface area contributed by atoms with Crippen LogP contribution >= 0.6 is 0 Å². The number of rotatable bonds is 8. The number of aliphatic imine (C=N–C) groups is 1. The second-order valence-corrected chi connectivity index (χ2v) is 6.75. The summed E-state index contributed by atoms with van der Waals surface area (Å²) < 4.78 is 0. The summed E-state index contributed by atoms with van der Waals surface area (Å²) in [6.45, 7) is 7.18. The minimum atomic E-state index is 0.518. The Balaban J connectivity index is 1.72. The quantitative estimate of drug-likeness (QED) is 0.411. The molecule has 0 saturated heterocycles. The van der Waals surface area contributed by atoms with Gasteiger partial charge in [-0.05, 0) is 65.8 Å². The molecule has 1 atom stereocenters. The molecular weight excluding hydrogens is 272 g/mol. The fourth-order valence-electron chi connectivity index (χ4n) is 3.01. The van der Waals surface area contributed by atoms with E-state index in [1.165, 1.54) is 38.5 Å². The van der Waals surface area contributed by atoms with Crippen molar-refractivity contribution in [2.45, 2.75) is 70.9 Å². The number of nitrogens with zero attached hydrogens (tertiary/aromatic N) is 2. The highest BCUT2D eigenvalue weighted by Gasteiger charge is 2.28. The molecule has 0 spiro atoms. The van der Waals surface area contributed by atoms with Crippen LogP contribution in [-0.2, 0) is 0 Å². The smallest absolute Gasteiger partial charge is 0.191 e. The van der Waals surface area contributed by atoms with E-state index >= 15 is 0 Å². The zero-order valence-corrected chi connectivity index (χ0v) is 14.7. The summed E-state index contributed by atoms with van der Waals surface area (Å²) in [5, 5.41) is 6.85. The SMILES string of the molecule is CCNC(=NCC(C)N(C)C1CC1)NCCC1=CCCCC1. The minimum absolute atomic E-state index is 0.518. The fraction of sp³-hybridized carbons (Fsp3) is 0.833. The molecule has 2 rings (SSSR count). The molecule has 2 aliphatic carbocycles. The summed E-state index contributed by atoms with van der Waals surface area (Å²) in [5.74, 6) is 0.968. The Morgan fingerprint density at radius 2 is 2.18 bits per heavy atom. The van der Waals surface area contributed by atoms with Gasteiger partial charge < -0.3 is 10.6 Å². The van der Waals surface area contributed by atoms with Crippen molar-refractivity contribution in [3.05, 3.63) is 11.6 Å². The summed E-state index contributed by atoms with van der Waals surface area (Å²) in [4.78, 5) is 7.23. The Hall–Kier alpha value is -1.03. The van der Waals surface area contributed by atoms with Gasteiger partial charge in [-0.25, -0.2) is 0 Å².